The fourth-order valence-corrected chi connectivity index (χ4v) is 3.25. The first-order valence-electron chi connectivity index (χ1n) is 7.73. The molecular formula is C17H21NO4. The molecule has 1 aromatic rings. The Labute approximate surface area is 129 Å². The maximum atomic E-state index is 12.1. The molecule has 118 valence electrons. The molecule has 0 aromatic heterocycles. The van der Waals surface area contributed by atoms with Gasteiger partial charge in [-0.15, -0.1) is 0 Å². The van der Waals surface area contributed by atoms with Crippen LogP contribution >= 0.6 is 0 Å². The summed E-state index contributed by atoms with van der Waals surface area (Å²) in [7, 11) is 0. The number of hydrogen-bond donors (Lipinski definition) is 1. The number of aliphatic hydroxyl groups excluding tert-OH is 1. The molecule has 2 aliphatic heterocycles. The minimum Gasteiger partial charge on any atom is -0.388 e. The zero-order chi connectivity index (χ0) is 15.5. The van der Waals surface area contributed by atoms with E-state index in [0.717, 1.165) is 37.3 Å². The lowest BCUT2D eigenvalue weighted by Gasteiger charge is -2.22. The van der Waals surface area contributed by atoms with Gasteiger partial charge in [0.05, 0.1) is 13.2 Å². The molecule has 0 spiro atoms. The van der Waals surface area contributed by atoms with Gasteiger partial charge in [-0.25, -0.2) is 0 Å². The number of ketones is 2. The molecule has 2 aliphatic rings. The van der Waals surface area contributed by atoms with Crippen LogP contribution in [0.2, 0.25) is 0 Å². The van der Waals surface area contributed by atoms with Crippen LogP contribution in [0.5, 0.6) is 0 Å². The number of Topliss-reactive ketones (excluding diaryl/α,β-unsaturated/α-hetero) is 2. The maximum absolute atomic E-state index is 12.1. The summed E-state index contributed by atoms with van der Waals surface area (Å²) in [5.41, 5.74) is 2.52. The smallest absolute Gasteiger partial charge is 0.188 e. The van der Waals surface area contributed by atoms with Crippen molar-refractivity contribution in [1.29, 1.82) is 0 Å². The summed E-state index contributed by atoms with van der Waals surface area (Å²) < 4.78 is 5.41. The Morgan fingerprint density at radius 2 is 2.18 bits per heavy atom. The summed E-state index contributed by atoms with van der Waals surface area (Å²) in [6.45, 7) is 3.06. The highest BCUT2D eigenvalue weighted by atomic mass is 16.5. The van der Waals surface area contributed by atoms with Crippen molar-refractivity contribution in [2.24, 2.45) is 5.92 Å². The molecular weight excluding hydrogens is 282 g/mol. The SMILES string of the molecule is O=C1Cc2ccc(C(=O)CO)cc2CN(CC2CCOC2)C1. The van der Waals surface area contributed by atoms with Crippen LogP contribution in [0.4, 0.5) is 0 Å². The van der Waals surface area contributed by atoms with Gasteiger partial charge in [0.15, 0.2) is 11.6 Å². The van der Waals surface area contributed by atoms with Crippen LogP contribution < -0.4 is 0 Å². The summed E-state index contributed by atoms with van der Waals surface area (Å²) in [6.07, 6.45) is 1.46. The van der Waals surface area contributed by atoms with E-state index >= 15 is 0 Å². The molecule has 1 aromatic carbocycles. The van der Waals surface area contributed by atoms with Crippen LogP contribution in [0, 0.1) is 5.92 Å². The minimum atomic E-state index is -0.485. The van der Waals surface area contributed by atoms with E-state index < -0.39 is 6.61 Å². The van der Waals surface area contributed by atoms with E-state index in [1.807, 2.05) is 12.1 Å². The van der Waals surface area contributed by atoms with E-state index in [9.17, 15) is 9.59 Å². The van der Waals surface area contributed by atoms with Crippen LogP contribution in [0.3, 0.4) is 0 Å². The molecule has 0 radical (unpaired) electrons. The average molecular weight is 303 g/mol. The molecule has 2 heterocycles. The molecule has 1 saturated heterocycles. The molecule has 1 fully saturated rings. The van der Waals surface area contributed by atoms with Crippen LogP contribution in [0.15, 0.2) is 18.2 Å². The van der Waals surface area contributed by atoms with Gasteiger partial charge < -0.3 is 9.84 Å². The van der Waals surface area contributed by atoms with E-state index in [4.69, 9.17) is 9.84 Å². The lowest BCUT2D eigenvalue weighted by Crippen LogP contribution is -2.32. The number of hydrogen-bond acceptors (Lipinski definition) is 5. The van der Waals surface area contributed by atoms with Crippen molar-refractivity contribution < 1.29 is 19.4 Å². The zero-order valence-electron chi connectivity index (χ0n) is 12.6. The van der Waals surface area contributed by atoms with Gasteiger partial charge in [0.25, 0.3) is 0 Å². The van der Waals surface area contributed by atoms with E-state index in [2.05, 4.69) is 4.90 Å². The van der Waals surface area contributed by atoms with Crippen LogP contribution in [-0.2, 0) is 22.5 Å². The van der Waals surface area contributed by atoms with Gasteiger partial charge in [-0.1, -0.05) is 12.1 Å². The molecule has 1 atom stereocenters. The summed E-state index contributed by atoms with van der Waals surface area (Å²) in [6, 6.07) is 5.37. The van der Waals surface area contributed by atoms with Gasteiger partial charge in [-0.2, -0.15) is 0 Å². The van der Waals surface area contributed by atoms with Crippen LogP contribution in [-0.4, -0.2) is 54.5 Å². The Morgan fingerprint density at radius 3 is 2.91 bits per heavy atom. The monoisotopic (exact) mass is 303 g/mol. The predicted octanol–water partition coefficient (Wildman–Crippen LogP) is 0.825. The fourth-order valence-electron chi connectivity index (χ4n) is 3.25. The maximum Gasteiger partial charge on any atom is 0.188 e. The summed E-state index contributed by atoms with van der Waals surface area (Å²) in [5.74, 6) is 0.407. The van der Waals surface area contributed by atoms with Gasteiger partial charge in [-0.05, 0) is 29.5 Å². The molecule has 0 aliphatic carbocycles. The van der Waals surface area contributed by atoms with E-state index in [-0.39, 0.29) is 11.6 Å². The van der Waals surface area contributed by atoms with Gasteiger partial charge in [0.1, 0.15) is 6.61 Å². The molecule has 0 saturated carbocycles. The van der Waals surface area contributed by atoms with Crippen molar-refractivity contribution in [3.05, 3.63) is 34.9 Å². The first-order chi connectivity index (χ1) is 10.7. The van der Waals surface area contributed by atoms with Crippen LogP contribution in [0.1, 0.15) is 27.9 Å². The quantitative estimate of drug-likeness (QED) is 0.834. The number of aliphatic hydroxyl groups is 1. The van der Waals surface area contributed by atoms with Crippen LogP contribution in [0.25, 0.3) is 0 Å². The molecule has 22 heavy (non-hydrogen) atoms. The highest BCUT2D eigenvalue weighted by Crippen LogP contribution is 2.22. The molecule has 0 bridgehead atoms. The number of ether oxygens (including phenoxy) is 1. The zero-order valence-corrected chi connectivity index (χ0v) is 12.6. The van der Waals surface area contributed by atoms with E-state index in [1.165, 1.54) is 0 Å². The third kappa shape index (κ3) is 3.43. The molecule has 0 amide bonds. The lowest BCUT2D eigenvalue weighted by molar-refractivity contribution is -0.119. The topological polar surface area (TPSA) is 66.8 Å². The largest absolute Gasteiger partial charge is 0.388 e. The van der Waals surface area contributed by atoms with Crippen molar-refractivity contribution in [3.63, 3.8) is 0 Å². The Hall–Kier alpha value is -1.56. The van der Waals surface area contributed by atoms with Gasteiger partial charge in [0, 0.05) is 31.7 Å². The average Bonchev–Trinajstić information content (AvgIpc) is 2.95. The fraction of sp³-hybridized carbons (Fsp3) is 0.529. The summed E-state index contributed by atoms with van der Waals surface area (Å²) in [5, 5.41) is 9.00. The molecule has 3 rings (SSSR count). The van der Waals surface area contributed by atoms with E-state index in [0.29, 0.717) is 31.0 Å². The Morgan fingerprint density at radius 1 is 1.32 bits per heavy atom. The lowest BCUT2D eigenvalue weighted by atomic mass is 9.99. The van der Waals surface area contributed by atoms with Crippen molar-refractivity contribution in [3.8, 4) is 0 Å². The summed E-state index contributed by atoms with van der Waals surface area (Å²) >= 11 is 0. The second-order valence-electron chi connectivity index (χ2n) is 6.18. The predicted molar refractivity (Wildman–Crippen MR) is 80.8 cm³/mol. The molecule has 5 heteroatoms. The number of carbonyl (C=O) groups excluding carboxylic acids is 2. The molecule has 1 N–H and O–H groups in total. The van der Waals surface area contributed by atoms with Gasteiger partial charge in [0.2, 0.25) is 0 Å². The Balaban J connectivity index is 1.80. The normalized spacial score (nSPS) is 22.4. The first kappa shape index (κ1) is 15.3. The molecule has 1 unspecified atom stereocenters. The molecule has 5 nitrogen and oxygen atoms in total. The number of nitrogens with zero attached hydrogens (tertiary/aromatic N) is 1. The van der Waals surface area contributed by atoms with E-state index in [1.54, 1.807) is 6.07 Å². The van der Waals surface area contributed by atoms with Gasteiger partial charge >= 0.3 is 0 Å². The number of carbonyl (C=O) groups is 2. The third-order valence-corrected chi connectivity index (χ3v) is 4.39. The third-order valence-electron chi connectivity index (χ3n) is 4.39. The van der Waals surface area contributed by atoms with Gasteiger partial charge in [-0.3, -0.25) is 14.5 Å². The second-order valence-corrected chi connectivity index (χ2v) is 6.18. The summed E-state index contributed by atoms with van der Waals surface area (Å²) in [4.78, 5) is 25.9. The Kier molecular flexibility index (Phi) is 4.66. The number of benzene rings is 1. The minimum absolute atomic E-state index is 0.207. The standard InChI is InChI=1S/C17H21NO4/c19-10-17(21)14-2-1-13-6-16(20)9-18(8-15(13)5-14)7-12-3-4-22-11-12/h1-2,5,12,19H,3-4,6-11H2. The second kappa shape index (κ2) is 6.69. The van der Waals surface area contributed by atoms with Crippen molar-refractivity contribution in [2.75, 3.05) is 32.9 Å². The van der Waals surface area contributed by atoms with Crippen molar-refractivity contribution >= 4 is 11.6 Å². The number of rotatable bonds is 4. The highest BCUT2D eigenvalue weighted by molar-refractivity contribution is 5.97. The Bertz CT molecular complexity index is 578. The first-order valence-corrected chi connectivity index (χ1v) is 7.73. The van der Waals surface area contributed by atoms with Crippen molar-refractivity contribution in [1.82, 2.24) is 4.90 Å². The highest BCUT2D eigenvalue weighted by Gasteiger charge is 2.24. The van der Waals surface area contributed by atoms with Crippen molar-refractivity contribution in [2.45, 2.75) is 19.4 Å². The number of fused-ring (bicyclic) bond motifs is 1.